The first kappa shape index (κ1) is 70.7. The predicted octanol–water partition coefficient (Wildman–Crippen LogP) is 30.6. The first-order valence-electron chi connectivity index (χ1n) is 43.1. The van der Waals surface area contributed by atoms with Gasteiger partial charge in [0.1, 0.15) is 0 Å². The van der Waals surface area contributed by atoms with Gasteiger partial charge in [-0.25, -0.2) is 0 Å². The van der Waals surface area contributed by atoms with Gasteiger partial charge in [-0.2, -0.15) is 0 Å². The monoisotopic (exact) mass is 1570 g/mol. The normalized spacial score (nSPS) is 13.8. The Morgan fingerprint density at radius 3 is 0.797 bits per heavy atom. The molecule has 0 N–H and O–H groups in total. The lowest BCUT2D eigenvalue weighted by atomic mass is 9.80. The van der Waals surface area contributed by atoms with Crippen LogP contribution < -0.4 is 0 Å². The molecule has 0 fully saturated rings. The maximum atomic E-state index is 2.48. The van der Waals surface area contributed by atoms with Crippen LogP contribution in [0.4, 0.5) is 0 Å². The molecule has 6 aromatic heterocycles. The highest BCUT2D eigenvalue weighted by molar-refractivity contribution is 6.20. The van der Waals surface area contributed by atoms with Gasteiger partial charge in [0, 0.05) is 121 Å². The van der Waals surface area contributed by atoms with Gasteiger partial charge in [-0.1, -0.05) is 302 Å². The van der Waals surface area contributed by atoms with Crippen molar-refractivity contribution < 1.29 is 0 Å². The molecule has 582 valence electrons. The molecule has 6 heterocycles. The Bertz CT molecular complexity index is 8410. The summed E-state index contributed by atoms with van der Waals surface area (Å²) in [5.41, 5.74) is 38.5. The van der Waals surface area contributed by atoms with Crippen LogP contribution in [-0.2, 0) is 16.2 Å². The SMILES string of the molecule is CC1(C)c2ccccc2-c2c1ccc1c2c2ccccc2n1-c1ccc(-n2c3ccccc3c3ccccc32)cc1.CC1(C)c2ccccc2-c2c1ccc1c3ccccc3n(-c3ccc(-n4c5ccccc5c5ccccc54)cc3)c21.CC1(C)c2ccccc2-c2ccc3c(c21)c1ccccc1n3-c1ccc(-n2c3ccccc3c3ccccc32)cc1. The first-order chi connectivity index (χ1) is 60.4. The number of fused-ring (bicyclic) bond motifs is 30. The van der Waals surface area contributed by atoms with Gasteiger partial charge < -0.3 is 27.4 Å². The standard InChI is InChI=1S/3C39H28N2/c1-39(2)32-15-7-3-14-31(32)37-33(39)24-23-30-29-13-6-10-18-36(29)41(38(30)37)26-21-19-25(20-22-26)40-34-16-8-4-11-27(34)28-12-5-9-17-35(28)40;1-39(2)31-15-7-3-13-29(31)37-32(39)23-24-36-38(37)30-14-6-10-18-35(30)41(36)26-21-19-25(20-22-26)40-33-16-8-4-11-27(33)28-12-5-9-17-34(28)40;1-39(2)32-15-7-3-11-27(32)30-23-24-36-37(38(30)39)31-14-6-10-18-35(31)41(36)26-21-19-25(20-22-26)40-33-16-8-4-12-28(33)29-13-5-9-17-34(29)40/h3*3-24H,1-2H3. The van der Waals surface area contributed by atoms with Gasteiger partial charge in [0.25, 0.3) is 0 Å². The fourth-order valence-electron chi connectivity index (χ4n) is 22.5. The quantitative estimate of drug-likeness (QED) is 0.159. The summed E-state index contributed by atoms with van der Waals surface area (Å²) < 4.78 is 14.5. The van der Waals surface area contributed by atoms with Crippen LogP contribution in [0.1, 0.15) is 74.9 Å². The molecule has 0 amide bonds. The molecule has 27 rings (SSSR count). The summed E-state index contributed by atoms with van der Waals surface area (Å²) in [7, 11) is 0. The van der Waals surface area contributed by atoms with E-state index in [-0.39, 0.29) is 16.2 Å². The highest BCUT2D eigenvalue weighted by Crippen LogP contribution is 2.57. The van der Waals surface area contributed by atoms with Gasteiger partial charge in [0.2, 0.25) is 0 Å². The Morgan fingerprint density at radius 1 is 0.154 bits per heavy atom. The fraction of sp³-hybridized carbons (Fsp3) is 0.0769. The summed E-state index contributed by atoms with van der Waals surface area (Å²) in [4.78, 5) is 0. The lowest BCUT2D eigenvalue weighted by Crippen LogP contribution is -2.15. The Balaban J connectivity index is 0.000000101. The van der Waals surface area contributed by atoms with E-state index in [9.17, 15) is 0 Å². The number of hydrogen-bond acceptors (Lipinski definition) is 0. The Kier molecular flexibility index (Phi) is 15.2. The van der Waals surface area contributed by atoms with Crippen LogP contribution in [0.15, 0.2) is 400 Å². The second kappa shape index (κ2) is 26.4. The average molecular weight is 1570 g/mol. The minimum Gasteiger partial charge on any atom is -0.309 e. The van der Waals surface area contributed by atoms with E-state index in [0.717, 1.165) is 0 Å². The van der Waals surface area contributed by atoms with E-state index in [2.05, 4.69) is 469 Å². The van der Waals surface area contributed by atoms with Gasteiger partial charge in [-0.15, -0.1) is 0 Å². The maximum Gasteiger partial charge on any atom is 0.0622 e. The maximum absolute atomic E-state index is 2.48. The molecular formula is C117H84N6. The Hall–Kier alpha value is -15.2. The number of nitrogens with zero attached hydrogens (tertiary/aromatic N) is 6. The van der Waals surface area contributed by atoms with E-state index in [1.165, 1.54) is 232 Å². The third-order valence-corrected chi connectivity index (χ3v) is 28.0. The van der Waals surface area contributed by atoms with Crippen molar-refractivity contribution in [1.82, 2.24) is 27.4 Å². The lowest BCUT2D eigenvalue weighted by molar-refractivity contribution is 0.660. The molecule has 18 aromatic carbocycles. The Morgan fingerprint density at radius 2 is 0.407 bits per heavy atom. The predicted molar refractivity (Wildman–Crippen MR) is 518 cm³/mol. The highest BCUT2D eigenvalue weighted by atomic mass is 15.0. The molecule has 123 heavy (non-hydrogen) atoms. The van der Waals surface area contributed by atoms with Crippen molar-refractivity contribution in [2.75, 3.05) is 0 Å². The molecular weight excluding hydrogens is 1490 g/mol. The molecule has 0 radical (unpaired) electrons. The molecule has 24 aromatic rings. The molecule has 0 bridgehead atoms. The van der Waals surface area contributed by atoms with Crippen LogP contribution in [0.3, 0.4) is 0 Å². The number of rotatable bonds is 6. The molecule has 6 heteroatoms. The van der Waals surface area contributed by atoms with Crippen molar-refractivity contribution in [1.29, 1.82) is 0 Å². The van der Waals surface area contributed by atoms with Gasteiger partial charge in [0.15, 0.2) is 0 Å². The lowest BCUT2D eigenvalue weighted by Gasteiger charge is -2.22. The second-order valence-corrected chi connectivity index (χ2v) is 35.4. The minimum atomic E-state index is -0.0687. The molecule has 0 spiro atoms. The van der Waals surface area contributed by atoms with Crippen LogP contribution in [0.5, 0.6) is 0 Å². The van der Waals surface area contributed by atoms with E-state index in [4.69, 9.17) is 0 Å². The number of para-hydroxylation sites is 9. The number of aromatic nitrogens is 6. The average Bonchev–Trinajstić information content (AvgIpc) is 1.55. The molecule has 6 nitrogen and oxygen atoms in total. The van der Waals surface area contributed by atoms with E-state index in [1.807, 2.05) is 0 Å². The van der Waals surface area contributed by atoms with Crippen molar-refractivity contribution in [2.45, 2.75) is 57.8 Å². The third kappa shape index (κ3) is 10.0. The van der Waals surface area contributed by atoms with Gasteiger partial charge in [-0.05, 0) is 201 Å². The highest BCUT2D eigenvalue weighted by Gasteiger charge is 2.41. The summed E-state index contributed by atoms with van der Waals surface area (Å²) in [5, 5.41) is 15.6. The smallest absolute Gasteiger partial charge is 0.0622 e. The van der Waals surface area contributed by atoms with Crippen LogP contribution in [0, 0.1) is 0 Å². The molecule has 0 saturated heterocycles. The third-order valence-electron chi connectivity index (χ3n) is 28.0. The summed E-state index contributed by atoms with van der Waals surface area (Å²) in [6.07, 6.45) is 0. The van der Waals surface area contributed by atoms with Crippen molar-refractivity contribution >= 4 is 131 Å². The zero-order valence-electron chi connectivity index (χ0n) is 69.3. The molecule has 0 atom stereocenters. The summed E-state index contributed by atoms with van der Waals surface area (Å²) in [6, 6.07) is 147. The van der Waals surface area contributed by atoms with E-state index in [0.29, 0.717) is 0 Å². The van der Waals surface area contributed by atoms with Crippen LogP contribution in [0.25, 0.3) is 198 Å². The summed E-state index contributed by atoms with van der Waals surface area (Å²) >= 11 is 0. The van der Waals surface area contributed by atoms with Crippen molar-refractivity contribution in [3.63, 3.8) is 0 Å². The number of hydrogen-bond donors (Lipinski definition) is 0. The molecule has 3 aliphatic rings. The summed E-state index contributed by atoms with van der Waals surface area (Å²) in [5.74, 6) is 0. The first-order valence-corrected chi connectivity index (χ1v) is 43.1. The molecule has 0 saturated carbocycles. The van der Waals surface area contributed by atoms with Crippen molar-refractivity contribution in [2.24, 2.45) is 0 Å². The van der Waals surface area contributed by atoms with E-state index in [1.54, 1.807) is 0 Å². The topological polar surface area (TPSA) is 29.6 Å². The minimum absolute atomic E-state index is 0.0206. The van der Waals surface area contributed by atoms with Gasteiger partial charge >= 0.3 is 0 Å². The fourth-order valence-corrected chi connectivity index (χ4v) is 22.5. The van der Waals surface area contributed by atoms with Gasteiger partial charge in [-0.3, -0.25) is 0 Å². The second-order valence-electron chi connectivity index (χ2n) is 35.4. The van der Waals surface area contributed by atoms with Crippen LogP contribution in [0.2, 0.25) is 0 Å². The number of benzene rings is 18. The van der Waals surface area contributed by atoms with Crippen molar-refractivity contribution in [3.8, 4) is 67.5 Å². The van der Waals surface area contributed by atoms with Crippen LogP contribution >= 0.6 is 0 Å². The van der Waals surface area contributed by atoms with Crippen LogP contribution in [-0.4, -0.2) is 27.4 Å². The zero-order valence-corrected chi connectivity index (χ0v) is 69.3. The Labute approximate surface area is 712 Å². The largest absolute Gasteiger partial charge is 0.309 e. The van der Waals surface area contributed by atoms with Gasteiger partial charge in [0.05, 0.1) is 66.2 Å². The molecule has 3 aliphatic carbocycles. The summed E-state index contributed by atoms with van der Waals surface area (Å²) in [6.45, 7) is 14.2. The molecule has 0 aliphatic heterocycles. The van der Waals surface area contributed by atoms with Crippen molar-refractivity contribution in [3.05, 3.63) is 434 Å². The van der Waals surface area contributed by atoms with E-state index < -0.39 is 0 Å². The zero-order chi connectivity index (χ0) is 81.9. The molecule has 0 unspecified atom stereocenters. The van der Waals surface area contributed by atoms with E-state index >= 15 is 0 Å².